The molecule has 1 amide bonds. The standard InChI is InChI=1S/C10H8BrF2NO3/c11-5-1-2-7(15)6(3-5)8-10(12,13)4-17-9(16)14-8/h1-3,8,15H,4H2,(H,14,16)/t8-/m1/s1. The number of carbonyl (C=O) groups excluding carboxylic acids is 1. The van der Waals surface area contributed by atoms with Gasteiger partial charge in [0.25, 0.3) is 0 Å². The topological polar surface area (TPSA) is 58.6 Å². The molecule has 2 rings (SSSR count). The second-order valence-electron chi connectivity index (χ2n) is 3.62. The molecular formula is C10H8BrF2NO3. The molecule has 1 heterocycles. The first-order valence-corrected chi connectivity index (χ1v) is 5.49. The fourth-order valence-electron chi connectivity index (χ4n) is 1.57. The quantitative estimate of drug-likeness (QED) is 0.838. The van der Waals surface area contributed by atoms with E-state index in [1.54, 1.807) is 0 Å². The average Bonchev–Trinajstić information content (AvgIpc) is 2.26. The van der Waals surface area contributed by atoms with Crippen molar-refractivity contribution in [3.05, 3.63) is 28.2 Å². The van der Waals surface area contributed by atoms with Gasteiger partial charge < -0.3 is 15.2 Å². The number of phenolic OH excluding ortho intramolecular Hbond substituents is 1. The zero-order valence-corrected chi connectivity index (χ0v) is 10.0. The monoisotopic (exact) mass is 307 g/mol. The Hall–Kier alpha value is -1.37. The van der Waals surface area contributed by atoms with E-state index in [9.17, 15) is 18.7 Å². The van der Waals surface area contributed by atoms with Crippen LogP contribution in [-0.2, 0) is 4.74 Å². The van der Waals surface area contributed by atoms with Gasteiger partial charge in [0.2, 0.25) is 0 Å². The predicted octanol–water partition coefficient (Wildman–Crippen LogP) is 2.57. The molecule has 0 aliphatic carbocycles. The first-order chi connectivity index (χ1) is 7.90. The number of carbonyl (C=O) groups is 1. The molecule has 0 saturated carbocycles. The van der Waals surface area contributed by atoms with Crippen molar-refractivity contribution in [3.8, 4) is 5.75 Å². The summed E-state index contributed by atoms with van der Waals surface area (Å²) in [5, 5.41) is 11.6. The van der Waals surface area contributed by atoms with Crippen LogP contribution in [0.2, 0.25) is 0 Å². The number of rotatable bonds is 1. The van der Waals surface area contributed by atoms with Crippen molar-refractivity contribution in [3.63, 3.8) is 0 Å². The summed E-state index contributed by atoms with van der Waals surface area (Å²) in [6, 6.07) is 2.52. The van der Waals surface area contributed by atoms with E-state index in [0.29, 0.717) is 4.47 Å². The number of ether oxygens (including phenoxy) is 1. The second-order valence-corrected chi connectivity index (χ2v) is 4.53. The highest BCUT2D eigenvalue weighted by molar-refractivity contribution is 9.10. The Morgan fingerprint density at radius 1 is 1.53 bits per heavy atom. The van der Waals surface area contributed by atoms with Crippen LogP contribution in [0.25, 0.3) is 0 Å². The lowest BCUT2D eigenvalue weighted by Gasteiger charge is -2.32. The zero-order chi connectivity index (χ0) is 12.6. The fraction of sp³-hybridized carbons (Fsp3) is 0.300. The van der Waals surface area contributed by atoms with Gasteiger partial charge in [0.05, 0.1) is 0 Å². The van der Waals surface area contributed by atoms with Crippen molar-refractivity contribution < 1.29 is 23.4 Å². The fourth-order valence-corrected chi connectivity index (χ4v) is 1.95. The molecule has 1 fully saturated rings. The van der Waals surface area contributed by atoms with Gasteiger partial charge in [-0.2, -0.15) is 0 Å². The molecule has 0 aromatic heterocycles. The summed E-state index contributed by atoms with van der Waals surface area (Å²) in [6.45, 7) is -1.00. The molecule has 0 radical (unpaired) electrons. The number of nitrogens with one attached hydrogen (secondary N) is 1. The third-order valence-corrected chi connectivity index (χ3v) is 2.87. The summed E-state index contributed by atoms with van der Waals surface area (Å²) < 4.78 is 31.9. The van der Waals surface area contributed by atoms with Gasteiger partial charge in [-0.3, -0.25) is 0 Å². The number of alkyl carbamates (subject to hydrolysis) is 1. The van der Waals surface area contributed by atoms with Crippen LogP contribution in [0.5, 0.6) is 5.75 Å². The summed E-state index contributed by atoms with van der Waals surface area (Å²) in [5.74, 6) is -3.58. The lowest BCUT2D eigenvalue weighted by molar-refractivity contribution is -0.104. The van der Waals surface area contributed by atoms with Crippen LogP contribution >= 0.6 is 15.9 Å². The van der Waals surface area contributed by atoms with E-state index in [0.717, 1.165) is 0 Å². The van der Waals surface area contributed by atoms with E-state index in [1.807, 2.05) is 5.32 Å². The maximum Gasteiger partial charge on any atom is 0.408 e. The lowest BCUT2D eigenvalue weighted by Crippen LogP contribution is -2.49. The Morgan fingerprint density at radius 3 is 2.94 bits per heavy atom. The molecule has 1 aliphatic rings. The van der Waals surface area contributed by atoms with Crippen molar-refractivity contribution in [2.45, 2.75) is 12.0 Å². The molecule has 4 nitrogen and oxygen atoms in total. The van der Waals surface area contributed by atoms with Gasteiger partial charge in [-0.05, 0) is 18.2 Å². The number of benzene rings is 1. The number of alkyl halides is 2. The minimum absolute atomic E-state index is 0.0546. The molecule has 1 atom stereocenters. The first-order valence-electron chi connectivity index (χ1n) is 4.70. The lowest BCUT2D eigenvalue weighted by atomic mass is 9.99. The molecule has 1 aliphatic heterocycles. The van der Waals surface area contributed by atoms with Gasteiger partial charge in [0.15, 0.2) is 6.61 Å². The first kappa shape index (κ1) is 12.1. The smallest absolute Gasteiger partial charge is 0.408 e. The Balaban J connectivity index is 2.42. The van der Waals surface area contributed by atoms with E-state index in [1.165, 1.54) is 18.2 Å². The molecule has 1 saturated heterocycles. The summed E-state index contributed by atoms with van der Waals surface area (Å²) in [7, 11) is 0. The van der Waals surface area contributed by atoms with Gasteiger partial charge in [-0.15, -0.1) is 0 Å². The van der Waals surface area contributed by atoms with Crippen LogP contribution in [0.15, 0.2) is 22.7 Å². The molecule has 92 valence electrons. The average molecular weight is 308 g/mol. The number of halogens is 3. The van der Waals surface area contributed by atoms with Gasteiger partial charge >= 0.3 is 12.0 Å². The minimum atomic E-state index is -3.27. The van der Waals surface area contributed by atoms with Crippen molar-refractivity contribution in [1.82, 2.24) is 5.32 Å². The molecule has 17 heavy (non-hydrogen) atoms. The minimum Gasteiger partial charge on any atom is -0.508 e. The number of phenols is 1. The van der Waals surface area contributed by atoms with Crippen molar-refractivity contribution in [1.29, 1.82) is 0 Å². The Morgan fingerprint density at radius 2 is 2.24 bits per heavy atom. The molecule has 2 N–H and O–H groups in total. The summed E-state index contributed by atoms with van der Waals surface area (Å²) in [4.78, 5) is 11.0. The van der Waals surface area contributed by atoms with Gasteiger partial charge in [0.1, 0.15) is 11.8 Å². The number of aromatic hydroxyl groups is 1. The van der Waals surface area contributed by atoms with Crippen LogP contribution in [-0.4, -0.2) is 23.7 Å². The Bertz CT molecular complexity index is 467. The van der Waals surface area contributed by atoms with Crippen molar-refractivity contribution in [2.75, 3.05) is 6.61 Å². The molecule has 0 bridgehead atoms. The number of hydrogen-bond acceptors (Lipinski definition) is 3. The summed E-state index contributed by atoms with van der Waals surface area (Å²) in [6.07, 6.45) is -0.930. The Labute approximate surface area is 104 Å². The second kappa shape index (κ2) is 4.14. The SMILES string of the molecule is O=C1N[C@H](c2cc(Br)ccc2O)C(F)(F)CO1. The van der Waals surface area contributed by atoms with Crippen LogP contribution in [0, 0.1) is 0 Å². The highest BCUT2D eigenvalue weighted by Crippen LogP contribution is 2.39. The van der Waals surface area contributed by atoms with E-state index < -0.39 is 24.7 Å². The summed E-state index contributed by atoms with van der Waals surface area (Å²) in [5.41, 5.74) is -0.0546. The molecule has 0 spiro atoms. The normalized spacial score (nSPS) is 22.8. The highest BCUT2D eigenvalue weighted by Gasteiger charge is 2.47. The third kappa shape index (κ3) is 2.33. The maximum atomic E-state index is 13.6. The zero-order valence-electron chi connectivity index (χ0n) is 8.41. The number of amides is 1. The van der Waals surface area contributed by atoms with E-state index >= 15 is 0 Å². The number of hydrogen-bond donors (Lipinski definition) is 2. The van der Waals surface area contributed by atoms with Crippen molar-refractivity contribution >= 4 is 22.0 Å². The highest BCUT2D eigenvalue weighted by atomic mass is 79.9. The van der Waals surface area contributed by atoms with Gasteiger partial charge in [-0.25, -0.2) is 13.6 Å². The predicted molar refractivity (Wildman–Crippen MR) is 58.0 cm³/mol. The van der Waals surface area contributed by atoms with E-state index in [-0.39, 0.29) is 11.3 Å². The largest absolute Gasteiger partial charge is 0.508 e. The van der Waals surface area contributed by atoms with Crippen molar-refractivity contribution in [2.24, 2.45) is 0 Å². The molecular weight excluding hydrogens is 300 g/mol. The molecule has 1 aromatic carbocycles. The van der Waals surface area contributed by atoms with Crippen LogP contribution in [0.1, 0.15) is 11.6 Å². The molecule has 7 heteroatoms. The van der Waals surface area contributed by atoms with Crippen LogP contribution in [0.3, 0.4) is 0 Å². The van der Waals surface area contributed by atoms with Crippen LogP contribution in [0.4, 0.5) is 13.6 Å². The molecule has 1 aromatic rings. The number of cyclic esters (lactones) is 1. The summed E-state index contributed by atoms with van der Waals surface area (Å²) >= 11 is 3.12. The maximum absolute atomic E-state index is 13.6. The molecule has 0 unspecified atom stereocenters. The van der Waals surface area contributed by atoms with E-state index in [2.05, 4.69) is 20.7 Å². The van der Waals surface area contributed by atoms with Gasteiger partial charge in [0, 0.05) is 10.0 Å². The van der Waals surface area contributed by atoms with Gasteiger partial charge in [-0.1, -0.05) is 15.9 Å². The van der Waals surface area contributed by atoms with E-state index in [4.69, 9.17) is 0 Å². The Kier molecular flexibility index (Phi) is 2.94. The van der Waals surface area contributed by atoms with Crippen LogP contribution < -0.4 is 5.32 Å². The third-order valence-electron chi connectivity index (χ3n) is 2.38.